The highest BCUT2D eigenvalue weighted by atomic mass is 19.1. The predicted octanol–water partition coefficient (Wildman–Crippen LogP) is 3.29. The van der Waals surface area contributed by atoms with Crippen molar-refractivity contribution in [3.8, 4) is 17.0 Å². The number of para-hydroxylation sites is 1. The molecule has 0 aliphatic carbocycles. The SMILES string of the molecule is COc1ccccc1-c1cc(C(=O)NCc2ccc(F)cc2F)[nH]n1. The van der Waals surface area contributed by atoms with Crippen LogP contribution in [0.3, 0.4) is 0 Å². The van der Waals surface area contributed by atoms with Crippen molar-refractivity contribution < 1.29 is 18.3 Å². The summed E-state index contributed by atoms with van der Waals surface area (Å²) in [5.74, 6) is -1.19. The number of aromatic nitrogens is 2. The number of H-pyrrole nitrogens is 1. The first kappa shape index (κ1) is 16.6. The lowest BCUT2D eigenvalue weighted by molar-refractivity contribution is 0.0945. The number of methoxy groups -OCH3 is 1. The number of hydrogen-bond acceptors (Lipinski definition) is 3. The molecule has 0 unspecified atom stereocenters. The summed E-state index contributed by atoms with van der Waals surface area (Å²) in [6.45, 7) is -0.0615. The molecule has 0 fully saturated rings. The molecule has 7 heteroatoms. The van der Waals surface area contributed by atoms with Gasteiger partial charge in [-0.3, -0.25) is 9.89 Å². The summed E-state index contributed by atoms with van der Waals surface area (Å²) in [7, 11) is 1.55. The molecule has 25 heavy (non-hydrogen) atoms. The highest BCUT2D eigenvalue weighted by Gasteiger charge is 2.14. The second-order valence-corrected chi connectivity index (χ2v) is 5.29. The molecule has 1 amide bonds. The van der Waals surface area contributed by atoms with Crippen molar-refractivity contribution in [2.45, 2.75) is 6.54 Å². The molecule has 0 spiro atoms. The van der Waals surface area contributed by atoms with Gasteiger partial charge in [-0.05, 0) is 24.3 Å². The minimum atomic E-state index is -0.709. The van der Waals surface area contributed by atoms with Gasteiger partial charge in [-0.15, -0.1) is 0 Å². The molecule has 0 aliphatic rings. The smallest absolute Gasteiger partial charge is 0.269 e. The van der Waals surface area contributed by atoms with Gasteiger partial charge in [-0.25, -0.2) is 8.78 Å². The number of aromatic amines is 1. The van der Waals surface area contributed by atoms with Gasteiger partial charge >= 0.3 is 0 Å². The number of rotatable bonds is 5. The van der Waals surface area contributed by atoms with Crippen LogP contribution < -0.4 is 10.1 Å². The lowest BCUT2D eigenvalue weighted by Crippen LogP contribution is -2.23. The average Bonchev–Trinajstić information content (AvgIpc) is 3.10. The third kappa shape index (κ3) is 3.65. The third-order valence-corrected chi connectivity index (χ3v) is 3.66. The van der Waals surface area contributed by atoms with E-state index >= 15 is 0 Å². The molecule has 1 aromatic heterocycles. The summed E-state index contributed by atoms with van der Waals surface area (Å²) in [4.78, 5) is 12.2. The zero-order valence-electron chi connectivity index (χ0n) is 13.3. The number of carbonyl (C=O) groups excluding carboxylic acids is 1. The van der Waals surface area contributed by atoms with E-state index in [1.165, 1.54) is 6.07 Å². The van der Waals surface area contributed by atoms with E-state index in [-0.39, 0.29) is 17.8 Å². The fraction of sp³-hybridized carbons (Fsp3) is 0.111. The van der Waals surface area contributed by atoms with E-state index in [4.69, 9.17) is 4.74 Å². The third-order valence-electron chi connectivity index (χ3n) is 3.66. The Balaban J connectivity index is 1.72. The molecule has 0 saturated carbocycles. The molecular weight excluding hydrogens is 328 g/mol. The van der Waals surface area contributed by atoms with Crippen molar-refractivity contribution in [1.29, 1.82) is 0 Å². The van der Waals surface area contributed by atoms with Gasteiger partial charge in [0.2, 0.25) is 0 Å². The lowest BCUT2D eigenvalue weighted by atomic mass is 10.1. The Hall–Kier alpha value is -3.22. The summed E-state index contributed by atoms with van der Waals surface area (Å²) in [5, 5.41) is 9.32. The molecule has 2 N–H and O–H groups in total. The largest absolute Gasteiger partial charge is 0.496 e. The molecule has 3 aromatic rings. The molecule has 1 heterocycles. The minimum Gasteiger partial charge on any atom is -0.496 e. The first-order valence-electron chi connectivity index (χ1n) is 7.49. The van der Waals surface area contributed by atoms with Crippen LogP contribution in [0.4, 0.5) is 8.78 Å². The molecular formula is C18H15F2N3O2. The average molecular weight is 343 g/mol. The number of nitrogens with zero attached hydrogens (tertiary/aromatic N) is 1. The second kappa shape index (κ2) is 7.12. The molecule has 128 valence electrons. The van der Waals surface area contributed by atoms with Crippen molar-refractivity contribution in [2.24, 2.45) is 0 Å². The van der Waals surface area contributed by atoms with Crippen molar-refractivity contribution in [3.63, 3.8) is 0 Å². The predicted molar refractivity (Wildman–Crippen MR) is 88.1 cm³/mol. The Morgan fingerprint density at radius 2 is 2.00 bits per heavy atom. The van der Waals surface area contributed by atoms with Crippen molar-refractivity contribution in [3.05, 3.63) is 71.4 Å². The molecule has 0 aliphatic heterocycles. The maximum Gasteiger partial charge on any atom is 0.269 e. The van der Waals surface area contributed by atoms with E-state index in [1.54, 1.807) is 19.2 Å². The van der Waals surface area contributed by atoms with E-state index < -0.39 is 17.5 Å². The van der Waals surface area contributed by atoms with Crippen LogP contribution in [-0.4, -0.2) is 23.2 Å². The number of hydrogen-bond donors (Lipinski definition) is 2. The van der Waals surface area contributed by atoms with Gasteiger partial charge in [0, 0.05) is 23.7 Å². The van der Waals surface area contributed by atoms with Crippen LogP contribution in [0.5, 0.6) is 5.75 Å². The van der Waals surface area contributed by atoms with Crippen LogP contribution in [0.15, 0.2) is 48.5 Å². The van der Waals surface area contributed by atoms with E-state index in [0.29, 0.717) is 11.4 Å². The number of halogens is 2. The fourth-order valence-corrected chi connectivity index (χ4v) is 2.37. The van der Waals surface area contributed by atoms with E-state index in [0.717, 1.165) is 17.7 Å². The van der Waals surface area contributed by atoms with Gasteiger partial charge < -0.3 is 10.1 Å². The van der Waals surface area contributed by atoms with Crippen LogP contribution in [-0.2, 0) is 6.54 Å². The molecule has 0 atom stereocenters. The van der Waals surface area contributed by atoms with Gasteiger partial charge in [0.05, 0.1) is 12.8 Å². The Kier molecular flexibility index (Phi) is 4.74. The fourth-order valence-electron chi connectivity index (χ4n) is 2.37. The van der Waals surface area contributed by atoms with Crippen LogP contribution in [0, 0.1) is 11.6 Å². The number of ether oxygens (including phenoxy) is 1. The molecule has 0 saturated heterocycles. The monoisotopic (exact) mass is 343 g/mol. The standard InChI is InChI=1S/C18H15F2N3O2/c1-25-17-5-3-2-4-13(17)15-9-16(23-22-15)18(24)21-10-11-6-7-12(19)8-14(11)20/h2-9H,10H2,1H3,(H,21,24)(H,22,23). The molecule has 0 bridgehead atoms. The van der Waals surface area contributed by atoms with Crippen LogP contribution in [0.1, 0.15) is 16.1 Å². The summed E-state index contributed by atoms with van der Waals surface area (Å²) >= 11 is 0. The molecule has 2 aromatic carbocycles. The van der Waals surface area contributed by atoms with Crippen LogP contribution in [0.25, 0.3) is 11.3 Å². The van der Waals surface area contributed by atoms with Crippen LogP contribution in [0.2, 0.25) is 0 Å². The number of amides is 1. The van der Waals surface area contributed by atoms with E-state index in [9.17, 15) is 13.6 Å². The Morgan fingerprint density at radius 1 is 1.20 bits per heavy atom. The van der Waals surface area contributed by atoms with Gasteiger partial charge in [-0.1, -0.05) is 18.2 Å². The Labute approximate surface area is 142 Å². The van der Waals surface area contributed by atoms with E-state index in [1.807, 2.05) is 18.2 Å². The summed E-state index contributed by atoms with van der Waals surface area (Å²) in [6, 6.07) is 12.1. The topological polar surface area (TPSA) is 67.0 Å². The summed E-state index contributed by atoms with van der Waals surface area (Å²) in [6.07, 6.45) is 0. The number of carbonyl (C=O) groups is 1. The van der Waals surface area contributed by atoms with Gasteiger partial charge in [0.1, 0.15) is 23.1 Å². The summed E-state index contributed by atoms with van der Waals surface area (Å²) < 4.78 is 31.7. The molecule has 3 rings (SSSR count). The van der Waals surface area contributed by atoms with E-state index in [2.05, 4.69) is 15.5 Å². The van der Waals surface area contributed by atoms with Crippen LogP contribution >= 0.6 is 0 Å². The summed E-state index contributed by atoms with van der Waals surface area (Å²) in [5.41, 5.74) is 1.71. The number of nitrogens with one attached hydrogen (secondary N) is 2. The van der Waals surface area contributed by atoms with Crippen molar-refractivity contribution in [1.82, 2.24) is 15.5 Å². The highest BCUT2D eigenvalue weighted by molar-refractivity contribution is 5.93. The van der Waals surface area contributed by atoms with Gasteiger partial charge in [-0.2, -0.15) is 5.10 Å². The first-order chi connectivity index (χ1) is 12.1. The molecule has 0 radical (unpaired) electrons. The highest BCUT2D eigenvalue weighted by Crippen LogP contribution is 2.28. The maximum atomic E-state index is 13.6. The maximum absolute atomic E-state index is 13.6. The molecule has 5 nitrogen and oxygen atoms in total. The second-order valence-electron chi connectivity index (χ2n) is 5.29. The van der Waals surface area contributed by atoms with Gasteiger partial charge in [0.25, 0.3) is 5.91 Å². The first-order valence-corrected chi connectivity index (χ1v) is 7.49. The lowest BCUT2D eigenvalue weighted by Gasteiger charge is -2.05. The van der Waals surface area contributed by atoms with Gasteiger partial charge in [0.15, 0.2) is 0 Å². The minimum absolute atomic E-state index is 0.0615. The van der Waals surface area contributed by atoms with Crippen molar-refractivity contribution in [2.75, 3.05) is 7.11 Å². The van der Waals surface area contributed by atoms with Crippen molar-refractivity contribution >= 4 is 5.91 Å². The Bertz CT molecular complexity index is 909. The number of benzene rings is 2. The normalized spacial score (nSPS) is 10.5. The zero-order chi connectivity index (χ0) is 17.8. The Morgan fingerprint density at radius 3 is 2.76 bits per heavy atom. The quantitative estimate of drug-likeness (QED) is 0.747. The zero-order valence-corrected chi connectivity index (χ0v) is 13.3.